The fourth-order valence-electron chi connectivity index (χ4n) is 3.60. The zero-order valence-corrected chi connectivity index (χ0v) is 19.3. The van der Waals surface area contributed by atoms with Crippen LogP contribution in [0.25, 0.3) is 10.6 Å². The summed E-state index contributed by atoms with van der Waals surface area (Å²) >= 11 is 1.48. The summed E-state index contributed by atoms with van der Waals surface area (Å²) in [5.41, 5.74) is 1.63. The monoisotopic (exact) mass is 472 g/mol. The largest absolute Gasteiger partial charge is 0.497 e. The van der Waals surface area contributed by atoms with Crippen molar-refractivity contribution in [2.45, 2.75) is 24.3 Å². The number of rotatable bonds is 7. The number of benzene rings is 2. The van der Waals surface area contributed by atoms with Gasteiger partial charge in [0, 0.05) is 24.0 Å². The molecular weight excluding hydrogens is 448 g/mol. The molecule has 4 rings (SSSR count). The van der Waals surface area contributed by atoms with Gasteiger partial charge in [-0.05, 0) is 37.1 Å². The molecule has 1 fully saturated rings. The molecule has 1 aromatic heterocycles. The molecule has 2 heterocycles. The van der Waals surface area contributed by atoms with Crippen LogP contribution in [0.3, 0.4) is 0 Å². The normalized spacial score (nSPS) is 15.4. The molecule has 32 heavy (non-hydrogen) atoms. The Balaban J connectivity index is 1.30. The third-order valence-corrected chi connectivity index (χ3v) is 8.25. The number of methoxy groups -OCH3 is 1. The maximum Gasteiger partial charge on any atom is 0.309 e. The Bertz CT molecular complexity index is 1170. The smallest absolute Gasteiger partial charge is 0.309 e. The minimum absolute atomic E-state index is 0.0990. The van der Waals surface area contributed by atoms with Crippen LogP contribution < -0.4 is 4.74 Å². The van der Waals surface area contributed by atoms with Gasteiger partial charge in [0.25, 0.3) is 0 Å². The van der Waals surface area contributed by atoms with Gasteiger partial charge >= 0.3 is 5.97 Å². The van der Waals surface area contributed by atoms with Gasteiger partial charge in [0.15, 0.2) is 0 Å². The Kier molecular flexibility index (Phi) is 6.88. The molecule has 9 heteroatoms. The lowest BCUT2D eigenvalue weighted by Gasteiger charge is -2.30. The molecule has 0 saturated carbocycles. The predicted molar refractivity (Wildman–Crippen MR) is 122 cm³/mol. The molecule has 0 N–H and O–H groups in total. The van der Waals surface area contributed by atoms with Crippen molar-refractivity contribution in [3.8, 4) is 16.3 Å². The van der Waals surface area contributed by atoms with Crippen LogP contribution in [0, 0.1) is 5.92 Å². The Morgan fingerprint density at radius 3 is 2.59 bits per heavy atom. The zero-order chi connectivity index (χ0) is 22.6. The predicted octanol–water partition coefficient (Wildman–Crippen LogP) is 3.96. The summed E-state index contributed by atoms with van der Waals surface area (Å²) in [4.78, 5) is 17.4. The van der Waals surface area contributed by atoms with E-state index in [0.717, 1.165) is 16.3 Å². The molecule has 0 radical (unpaired) electrons. The second kappa shape index (κ2) is 9.81. The first-order valence-electron chi connectivity index (χ1n) is 10.3. The number of carbonyl (C=O) groups is 1. The second-order valence-electron chi connectivity index (χ2n) is 7.48. The lowest BCUT2D eigenvalue weighted by molar-refractivity contribution is -0.151. The van der Waals surface area contributed by atoms with E-state index in [1.807, 2.05) is 29.6 Å². The van der Waals surface area contributed by atoms with E-state index >= 15 is 0 Å². The van der Waals surface area contributed by atoms with E-state index in [1.54, 1.807) is 37.4 Å². The highest BCUT2D eigenvalue weighted by molar-refractivity contribution is 7.89. The summed E-state index contributed by atoms with van der Waals surface area (Å²) in [5.74, 6) is 0.137. The van der Waals surface area contributed by atoms with Crippen LogP contribution >= 0.6 is 11.3 Å². The van der Waals surface area contributed by atoms with E-state index < -0.39 is 10.0 Å². The highest BCUT2D eigenvalue weighted by Crippen LogP contribution is 2.28. The Morgan fingerprint density at radius 2 is 1.88 bits per heavy atom. The van der Waals surface area contributed by atoms with Gasteiger partial charge in [-0.3, -0.25) is 4.79 Å². The van der Waals surface area contributed by atoms with Gasteiger partial charge in [-0.15, -0.1) is 11.3 Å². The highest BCUT2D eigenvalue weighted by Gasteiger charge is 2.32. The number of thiazole rings is 1. The summed E-state index contributed by atoms with van der Waals surface area (Å²) < 4.78 is 37.6. The van der Waals surface area contributed by atoms with Gasteiger partial charge < -0.3 is 9.47 Å². The van der Waals surface area contributed by atoms with Crippen LogP contribution in [0.1, 0.15) is 18.5 Å². The van der Waals surface area contributed by atoms with E-state index in [2.05, 4.69) is 4.98 Å². The van der Waals surface area contributed by atoms with Crippen LogP contribution in [0.4, 0.5) is 0 Å². The maximum atomic E-state index is 12.7. The van der Waals surface area contributed by atoms with Gasteiger partial charge in [0.2, 0.25) is 10.0 Å². The summed E-state index contributed by atoms with van der Waals surface area (Å²) in [6.45, 7) is 0.698. The van der Waals surface area contributed by atoms with Crippen molar-refractivity contribution < 1.29 is 22.7 Å². The number of esters is 1. The second-order valence-corrected chi connectivity index (χ2v) is 10.3. The summed E-state index contributed by atoms with van der Waals surface area (Å²) in [5, 5.41) is 2.70. The third kappa shape index (κ3) is 5.01. The summed E-state index contributed by atoms with van der Waals surface area (Å²) in [6, 6.07) is 16.0. The fourth-order valence-corrected chi connectivity index (χ4v) is 5.89. The number of hydrogen-bond acceptors (Lipinski definition) is 7. The number of carbonyl (C=O) groups excluding carboxylic acids is 1. The quantitative estimate of drug-likeness (QED) is 0.484. The Labute approximate surface area is 191 Å². The molecule has 0 atom stereocenters. The van der Waals surface area contributed by atoms with Crippen LogP contribution in [-0.2, 0) is 26.2 Å². The van der Waals surface area contributed by atoms with Crippen LogP contribution in [0.2, 0.25) is 0 Å². The summed E-state index contributed by atoms with van der Waals surface area (Å²) in [6.07, 6.45) is 0.883. The Morgan fingerprint density at radius 1 is 1.12 bits per heavy atom. The van der Waals surface area contributed by atoms with E-state index in [4.69, 9.17) is 9.47 Å². The zero-order valence-electron chi connectivity index (χ0n) is 17.6. The average Bonchev–Trinajstić information content (AvgIpc) is 3.32. The maximum absolute atomic E-state index is 12.7. The molecular formula is C23H24N2O5S2. The van der Waals surface area contributed by atoms with Crippen LogP contribution in [0.15, 0.2) is 64.9 Å². The van der Waals surface area contributed by atoms with Crippen molar-refractivity contribution in [3.05, 3.63) is 65.7 Å². The van der Waals surface area contributed by atoms with Gasteiger partial charge in [-0.25, -0.2) is 13.4 Å². The van der Waals surface area contributed by atoms with Crippen molar-refractivity contribution in [1.29, 1.82) is 0 Å². The minimum atomic E-state index is -3.53. The molecule has 7 nitrogen and oxygen atoms in total. The molecule has 3 aromatic rings. The first-order chi connectivity index (χ1) is 15.5. The lowest BCUT2D eigenvalue weighted by Crippen LogP contribution is -2.40. The topological polar surface area (TPSA) is 85.8 Å². The van der Waals surface area contributed by atoms with E-state index in [9.17, 15) is 13.2 Å². The van der Waals surface area contributed by atoms with Gasteiger partial charge in [0.05, 0.1) is 23.6 Å². The molecule has 0 spiro atoms. The number of sulfonamides is 1. The molecule has 0 unspecified atom stereocenters. The van der Waals surface area contributed by atoms with Crippen LogP contribution in [0.5, 0.6) is 5.75 Å². The Hall–Kier alpha value is -2.75. The molecule has 0 amide bonds. The van der Waals surface area contributed by atoms with Gasteiger partial charge in [-0.1, -0.05) is 30.3 Å². The first-order valence-corrected chi connectivity index (χ1v) is 12.6. The van der Waals surface area contributed by atoms with Crippen molar-refractivity contribution in [2.24, 2.45) is 5.92 Å². The SMILES string of the molecule is COc1cccc(-c2nc(COC(=O)C3CCN(S(=O)(=O)c4ccccc4)CC3)cs2)c1. The van der Waals surface area contributed by atoms with Crippen molar-refractivity contribution in [3.63, 3.8) is 0 Å². The average molecular weight is 473 g/mol. The van der Waals surface area contributed by atoms with E-state index in [0.29, 0.717) is 31.6 Å². The standard InChI is InChI=1S/C23H24N2O5S2/c1-29-20-7-5-6-18(14-20)22-24-19(16-31-22)15-30-23(26)17-10-12-25(13-11-17)32(27,28)21-8-3-2-4-9-21/h2-9,14,16-17H,10-13,15H2,1H3. The van der Waals surface area contributed by atoms with Crippen molar-refractivity contribution in [2.75, 3.05) is 20.2 Å². The first kappa shape index (κ1) is 22.4. The molecule has 0 aliphatic carbocycles. The molecule has 1 aliphatic rings. The number of piperidine rings is 1. The van der Waals surface area contributed by atoms with Gasteiger partial charge in [0.1, 0.15) is 17.4 Å². The molecule has 1 saturated heterocycles. The molecule has 0 bridgehead atoms. The lowest BCUT2D eigenvalue weighted by atomic mass is 9.98. The molecule has 168 valence electrons. The molecule has 2 aromatic carbocycles. The van der Waals surface area contributed by atoms with Crippen LogP contribution in [-0.4, -0.2) is 43.9 Å². The van der Waals surface area contributed by atoms with Crippen molar-refractivity contribution >= 4 is 27.3 Å². The summed E-state index contributed by atoms with van der Waals surface area (Å²) in [7, 11) is -1.91. The number of hydrogen-bond donors (Lipinski definition) is 0. The number of aromatic nitrogens is 1. The van der Waals surface area contributed by atoms with E-state index in [1.165, 1.54) is 15.6 Å². The number of ether oxygens (including phenoxy) is 2. The number of nitrogens with zero attached hydrogens (tertiary/aromatic N) is 2. The third-order valence-electron chi connectivity index (χ3n) is 5.40. The molecule has 1 aliphatic heterocycles. The minimum Gasteiger partial charge on any atom is -0.497 e. The van der Waals surface area contributed by atoms with Crippen molar-refractivity contribution in [1.82, 2.24) is 9.29 Å². The van der Waals surface area contributed by atoms with Gasteiger partial charge in [-0.2, -0.15) is 4.31 Å². The highest BCUT2D eigenvalue weighted by atomic mass is 32.2. The van der Waals surface area contributed by atoms with E-state index in [-0.39, 0.29) is 23.4 Å². The fraction of sp³-hybridized carbons (Fsp3) is 0.304.